The van der Waals surface area contributed by atoms with Crippen molar-refractivity contribution in [2.75, 3.05) is 5.32 Å². The van der Waals surface area contributed by atoms with Crippen LogP contribution in [0.15, 0.2) is 12.1 Å². The molecule has 0 fully saturated rings. The summed E-state index contributed by atoms with van der Waals surface area (Å²) in [6.45, 7) is 1.93. The standard InChI is InChI=1S/C14H16N4S2/c1-8-6-9(13(15)19)7-12(16-8)18-14-17-10-4-2-3-5-11(10)20-14/h6-7H,2-5H2,1H3,(H2,15,19)(H,16,17,18). The lowest BCUT2D eigenvalue weighted by Crippen LogP contribution is -2.10. The number of rotatable bonds is 3. The summed E-state index contributed by atoms with van der Waals surface area (Å²) in [5.41, 5.74) is 8.65. The fourth-order valence-electron chi connectivity index (χ4n) is 2.39. The molecule has 3 N–H and O–H groups in total. The average molecular weight is 304 g/mol. The van der Waals surface area contributed by atoms with E-state index in [1.165, 1.54) is 23.4 Å². The van der Waals surface area contributed by atoms with E-state index in [9.17, 15) is 0 Å². The Morgan fingerprint density at radius 3 is 2.85 bits per heavy atom. The molecule has 0 atom stereocenters. The number of nitrogens with two attached hydrogens (primary N) is 1. The van der Waals surface area contributed by atoms with Crippen molar-refractivity contribution in [1.29, 1.82) is 0 Å². The number of hydrogen-bond donors (Lipinski definition) is 2. The average Bonchev–Trinajstić information content (AvgIpc) is 2.79. The molecule has 0 radical (unpaired) electrons. The fraction of sp³-hybridized carbons (Fsp3) is 0.357. The molecule has 20 heavy (non-hydrogen) atoms. The Hall–Kier alpha value is -1.53. The van der Waals surface area contributed by atoms with Gasteiger partial charge in [-0.05, 0) is 44.7 Å². The van der Waals surface area contributed by atoms with Crippen LogP contribution in [0, 0.1) is 6.92 Å². The van der Waals surface area contributed by atoms with Crippen LogP contribution in [0.1, 0.15) is 34.7 Å². The number of thiocarbonyl (C=S) groups is 1. The highest BCUT2D eigenvalue weighted by molar-refractivity contribution is 7.80. The Balaban J connectivity index is 1.87. The zero-order valence-electron chi connectivity index (χ0n) is 11.3. The zero-order valence-corrected chi connectivity index (χ0v) is 12.9. The van der Waals surface area contributed by atoms with Crippen LogP contribution in [0.25, 0.3) is 0 Å². The second kappa shape index (κ2) is 5.46. The van der Waals surface area contributed by atoms with E-state index < -0.39 is 0 Å². The number of hydrogen-bond acceptors (Lipinski definition) is 5. The predicted octanol–water partition coefficient (Wildman–Crippen LogP) is 3.10. The molecule has 4 nitrogen and oxygen atoms in total. The smallest absolute Gasteiger partial charge is 0.188 e. The molecule has 0 saturated heterocycles. The largest absolute Gasteiger partial charge is 0.389 e. The summed E-state index contributed by atoms with van der Waals surface area (Å²) in [4.78, 5) is 10.9. The number of anilines is 2. The minimum absolute atomic E-state index is 0.386. The van der Waals surface area contributed by atoms with E-state index in [0.717, 1.165) is 35.0 Å². The predicted molar refractivity (Wildman–Crippen MR) is 86.9 cm³/mol. The first-order valence-corrected chi connectivity index (χ1v) is 7.88. The number of aromatic nitrogens is 2. The molecule has 2 aromatic rings. The first-order chi connectivity index (χ1) is 9.61. The third kappa shape index (κ3) is 2.81. The third-order valence-electron chi connectivity index (χ3n) is 3.32. The Morgan fingerprint density at radius 1 is 1.30 bits per heavy atom. The summed E-state index contributed by atoms with van der Waals surface area (Å²) in [5, 5.41) is 4.18. The Bertz CT molecular complexity index is 640. The summed E-state index contributed by atoms with van der Waals surface area (Å²) < 4.78 is 0. The zero-order chi connectivity index (χ0) is 14.1. The maximum absolute atomic E-state index is 5.69. The number of nitrogens with zero attached hydrogens (tertiary/aromatic N) is 2. The lowest BCUT2D eigenvalue weighted by atomic mass is 10.0. The van der Waals surface area contributed by atoms with Crippen molar-refractivity contribution in [3.05, 3.63) is 34.0 Å². The Kier molecular flexibility index (Phi) is 3.67. The molecular formula is C14H16N4S2. The SMILES string of the molecule is Cc1cc(C(N)=S)cc(Nc2nc3c(s2)CCCC3)n1. The van der Waals surface area contributed by atoms with Crippen LogP contribution in [0.3, 0.4) is 0 Å². The second-order valence-electron chi connectivity index (χ2n) is 4.97. The lowest BCUT2D eigenvalue weighted by Gasteiger charge is -2.06. The van der Waals surface area contributed by atoms with Crippen molar-refractivity contribution in [2.24, 2.45) is 5.73 Å². The summed E-state index contributed by atoms with van der Waals surface area (Å²) in [6, 6.07) is 3.76. The molecule has 2 heterocycles. The minimum Gasteiger partial charge on any atom is -0.389 e. The molecule has 0 aliphatic heterocycles. The molecule has 1 aliphatic rings. The topological polar surface area (TPSA) is 63.8 Å². The molecule has 0 unspecified atom stereocenters. The van der Waals surface area contributed by atoms with Crippen molar-refractivity contribution in [1.82, 2.24) is 9.97 Å². The quantitative estimate of drug-likeness (QED) is 0.853. The lowest BCUT2D eigenvalue weighted by molar-refractivity contribution is 0.683. The molecule has 0 saturated carbocycles. The normalized spacial score (nSPS) is 13.8. The molecule has 1 aliphatic carbocycles. The molecule has 2 aromatic heterocycles. The number of thiazole rings is 1. The highest BCUT2D eigenvalue weighted by Crippen LogP contribution is 2.31. The van der Waals surface area contributed by atoms with Crippen LogP contribution in [-0.4, -0.2) is 15.0 Å². The van der Waals surface area contributed by atoms with Crippen LogP contribution in [-0.2, 0) is 12.8 Å². The van der Waals surface area contributed by atoms with Crippen molar-refractivity contribution < 1.29 is 0 Å². The highest BCUT2D eigenvalue weighted by atomic mass is 32.1. The van der Waals surface area contributed by atoms with Crippen LogP contribution >= 0.6 is 23.6 Å². The van der Waals surface area contributed by atoms with Gasteiger partial charge < -0.3 is 11.1 Å². The first kappa shape index (κ1) is 13.5. The number of fused-ring (bicyclic) bond motifs is 1. The number of pyridine rings is 1. The van der Waals surface area contributed by atoms with E-state index in [0.29, 0.717) is 4.99 Å². The van der Waals surface area contributed by atoms with Gasteiger partial charge >= 0.3 is 0 Å². The molecule has 0 aromatic carbocycles. The molecular weight excluding hydrogens is 288 g/mol. The van der Waals surface area contributed by atoms with Gasteiger partial charge in [0, 0.05) is 16.1 Å². The molecule has 3 rings (SSSR count). The van der Waals surface area contributed by atoms with Gasteiger partial charge in [-0.25, -0.2) is 9.97 Å². The summed E-state index contributed by atoms with van der Waals surface area (Å²) in [7, 11) is 0. The monoisotopic (exact) mass is 304 g/mol. The van der Waals surface area contributed by atoms with Gasteiger partial charge in [0.25, 0.3) is 0 Å². The molecule has 0 spiro atoms. The Morgan fingerprint density at radius 2 is 2.10 bits per heavy atom. The summed E-state index contributed by atoms with van der Waals surface area (Å²) in [5.74, 6) is 0.749. The van der Waals surface area contributed by atoms with Gasteiger partial charge in [0.2, 0.25) is 0 Å². The van der Waals surface area contributed by atoms with Gasteiger partial charge in [0.1, 0.15) is 10.8 Å². The molecule has 6 heteroatoms. The second-order valence-corrected chi connectivity index (χ2v) is 6.49. The van der Waals surface area contributed by atoms with Crippen molar-refractivity contribution >= 4 is 39.5 Å². The van der Waals surface area contributed by atoms with E-state index in [1.54, 1.807) is 11.3 Å². The van der Waals surface area contributed by atoms with Gasteiger partial charge in [0.05, 0.1) is 5.69 Å². The maximum atomic E-state index is 5.69. The van der Waals surface area contributed by atoms with Crippen molar-refractivity contribution in [3.8, 4) is 0 Å². The molecule has 104 valence electrons. The molecule has 0 bridgehead atoms. The maximum Gasteiger partial charge on any atom is 0.188 e. The Labute approximate surface area is 127 Å². The first-order valence-electron chi connectivity index (χ1n) is 6.66. The van der Waals surface area contributed by atoms with Crippen LogP contribution in [0.4, 0.5) is 10.9 Å². The third-order valence-corrected chi connectivity index (χ3v) is 4.63. The van der Waals surface area contributed by atoms with Crippen LogP contribution in [0.5, 0.6) is 0 Å². The van der Waals surface area contributed by atoms with Gasteiger partial charge in [-0.3, -0.25) is 0 Å². The van der Waals surface area contributed by atoms with Crippen molar-refractivity contribution in [2.45, 2.75) is 32.6 Å². The van der Waals surface area contributed by atoms with Gasteiger partial charge in [-0.1, -0.05) is 12.2 Å². The van der Waals surface area contributed by atoms with E-state index in [4.69, 9.17) is 18.0 Å². The number of nitrogens with one attached hydrogen (secondary N) is 1. The highest BCUT2D eigenvalue weighted by Gasteiger charge is 2.15. The summed E-state index contributed by atoms with van der Waals surface area (Å²) >= 11 is 6.75. The fourth-order valence-corrected chi connectivity index (χ4v) is 3.56. The van der Waals surface area contributed by atoms with E-state index in [-0.39, 0.29) is 0 Å². The summed E-state index contributed by atoms with van der Waals surface area (Å²) in [6.07, 6.45) is 4.74. The minimum atomic E-state index is 0.386. The van der Waals surface area contributed by atoms with Gasteiger partial charge in [-0.2, -0.15) is 0 Å². The van der Waals surface area contributed by atoms with Crippen LogP contribution < -0.4 is 11.1 Å². The van der Waals surface area contributed by atoms with Gasteiger partial charge in [0.15, 0.2) is 5.13 Å². The van der Waals surface area contributed by atoms with Crippen LogP contribution in [0.2, 0.25) is 0 Å². The molecule has 0 amide bonds. The van der Waals surface area contributed by atoms with E-state index >= 15 is 0 Å². The van der Waals surface area contributed by atoms with Gasteiger partial charge in [-0.15, -0.1) is 11.3 Å². The van der Waals surface area contributed by atoms with E-state index in [1.807, 2.05) is 19.1 Å². The van der Waals surface area contributed by atoms with E-state index in [2.05, 4.69) is 15.3 Å². The number of aryl methyl sites for hydroxylation is 3. The van der Waals surface area contributed by atoms with Crippen molar-refractivity contribution in [3.63, 3.8) is 0 Å².